The van der Waals surface area contributed by atoms with Crippen molar-refractivity contribution in [1.82, 2.24) is 9.97 Å². The first-order valence-corrected chi connectivity index (χ1v) is 5.89. The second-order valence-corrected chi connectivity index (χ2v) is 5.55. The van der Waals surface area contributed by atoms with Gasteiger partial charge in [0, 0.05) is 6.04 Å². The van der Waals surface area contributed by atoms with Crippen LogP contribution in [0.15, 0.2) is 10.8 Å². The van der Waals surface area contributed by atoms with Gasteiger partial charge in [-0.25, -0.2) is 15.8 Å². The van der Waals surface area contributed by atoms with E-state index in [1.54, 1.807) is 0 Å². The highest BCUT2D eigenvalue weighted by Gasteiger charge is 2.21. The Morgan fingerprint density at radius 1 is 1.31 bits per heavy atom. The fourth-order valence-corrected chi connectivity index (χ4v) is 1.43. The maximum Gasteiger partial charge on any atom is 0.159 e. The summed E-state index contributed by atoms with van der Waals surface area (Å²) >= 11 is 3.41. The van der Waals surface area contributed by atoms with E-state index in [0.29, 0.717) is 5.82 Å². The van der Waals surface area contributed by atoms with E-state index >= 15 is 0 Å². The average molecular weight is 288 g/mol. The normalized spacial score (nSPS) is 13.4. The monoisotopic (exact) mass is 287 g/mol. The fraction of sp³-hybridized carbons (Fsp3) is 0.600. The molecular weight excluding hydrogens is 270 g/mol. The van der Waals surface area contributed by atoms with Crippen LogP contribution in [0.3, 0.4) is 0 Å². The molecule has 6 heteroatoms. The molecule has 1 unspecified atom stereocenters. The smallest absolute Gasteiger partial charge is 0.159 e. The Morgan fingerprint density at radius 3 is 2.38 bits per heavy atom. The highest BCUT2D eigenvalue weighted by Crippen LogP contribution is 2.29. The lowest BCUT2D eigenvalue weighted by Crippen LogP contribution is -2.31. The van der Waals surface area contributed by atoms with Gasteiger partial charge in [0.1, 0.15) is 16.6 Å². The molecule has 0 aliphatic rings. The Morgan fingerprint density at radius 2 is 1.88 bits per heavy atom. The minimum Gasteiger partial charge on any atom is -0.366 e. The molecule has 4 N–H and O–H groups in total. The molecular formula is C10H18BrN5. The van der Waals surface area contributed by atoms with Crippen molar-refractivity contribution in [2.45, 2.75) is 33.7 Å². The van der Waals surface area contributed by atoms with Crippen LogP contribution in [0, 0.1) is 5.41 Å². The standard InChI is InChI=1S/C10H18BrN5/c1-6(10(2,3)4)15-8-7(11)9(16-12)14-5-13-8/h5-6H,12H2,1-4H3,(H2,13,14,15,16). The van der Waals surface area contributed by atoms with Crippen molar-refractivity contribution < 1.29 is 0 Å². The molecule has 1 aromatic heterocycles. The zero-order valence-electron chi connectivity index (χ0n) is 10.0. The summed E-state index contributed by atoms with van der Waals surface area (Å²) in [5.74, 6) is 6.65. The van der Waals surface area contributed by atoms with Gasteiger partial charge in [0.25, 0.3) is 0 Å². The van der Waals surface area contributed by atoms with Crippen LogP contribution < -0.4 is 16.6 Å². The number of nitrogens with one attached hydrogen (secondary N) is 2. The maximum atomic E-state index is 5.34. The summed E-state index contributed by atoms with van der Waals surface area (Å²) in [5, 5.41) is 3.33. The highest BCUT2D eigenvalue weighted by atomic mass is 79.9. The van der Waals surface area contributed by atoms with Crippen molar-refractivity contribution in [2.24, 2.45) is 11.3 Å². The van der Waals surface area contributed by atoms with Crippen LogP contribution in [-0.2, 0) is 0 Å². The molecule has 90 valence electrons. The molecule has 0 radical (unpaired) electrons. The van der Waals surface area contributed by atoms with Crippen LogP contribution in [0.4, 0.5) is 11.6 Å². The van der Waals surface area contributed by atoms with E-state index < -0.39 is 0 Å². The Balaban J connectivity index is 2.90. The number of rotatable bonds is 3. The molecule has 0 bridgehead atoms. The van der Waals surface area contributed by atoms with Crippen molar-refractivity contribution in [3.8, 4) is 0 Å². The van der Waals surface area contributed by atoms with E-state index in [1.807, 2.05) is 0 Å². The summed E-state index contributed by atoms with van der Waals surface area (Å²) in [6, 6.07) is 0.282. The first-order valence-electron chi connectivity index (χ1n) is 5.10. The second kappa shape index (κ2) is 4.97. The molecule has 0 spiro atoms. The van der Waals surface area contributed by atoms with E-state index in [4.69, 9.17) is 5.84 Å². The Hall–Kier alpha value is -0.880. The summed E-state index contributed by atoms with van der Waals surface area (Å²) in [7, 11) is 0. The third-order valence-electron chi connectivity index (χ3n) is 2.58. The number of nitrogen functional groups attached to an aromatic ring is 1. The molecule has 0 amide bonds. The zero-order valence-corrected chi connectivity index (χ0v) is 11.6. The number of anilines is 2. The molecule has 5 nitrogen and oxygen atoms in total. The lowest BCUT2D eigenvalue weighted by Gasteiger charge is -2.28. The molecule has 0 aromatic carbocycles. The van der Waals surface area contributed by atoms with Crippen LogP contribution in [0.2, 0.25) is 0 Å². The van der Waals surface area contributed by atoms with E-state index in [0.717, 1.165) is 10.3 Å². The number of nitrogens with zero attached hydrogens (tertiary/aromatic N) is 2. The lowest BCUT2D eigenvalue weighted by molar-refractivity contribution is 0.358. The third kappa shape index (κ3) is 3.05. The van der Waals surface area contributed by atoms with Crippen molar-refractivity contribution in [3.05, 3.63) is 10.8 Å². The van der Waals surface area contributed by atoms with Gasteiger partial charge in [0.05, 0.1) is 0 Å². The molecule has 0 aliphatic carbocycles. The molecule has 0 fully saturated rings. The zero-order chi connectivity index (χ0) is 12.3. The predicted octanol–water partition coefficient (Wildman–Crippen LogP) is 2.37. The van der Waals surface area contributed by atoms with Gasteiger partial charge in [-0.3, -0.25) is 0 Å². The van der Waals surface area contributed by atoms with Gasteiger partial charge in [-0.1, -0.05) is 20.8 Å². The van der Waals surface area contributed by atoms with Crippen molar-refractivity contribution >= 4 is 27.6 Å². The Labute approximate surface area is 104 Å². The number of nitrogens with two attached hydrogens (primary N) is 1. The summed E-state index contributed by atoms with van der Waals surface area (Å²) in [4.78, 5) is 8.17. The summed E-state index contributed by atoms with van der Waals surface area (Å²) in [6.45, 7) is 8.62. The quantitative estimate of drug-likeness (QED) is 0.588. The molecule has 1 aromatic rings. The molecule has 16 heavy (non-hydrogen) atoms. The van der Waals surface area contributed by atoms with E-state index in [9.17, 15) is 0 Å². The van der Waals surface area contributed by atoms with Gasteiger partial charge in [0.2, 0.25) is 0 Å². The van der Waals surface area contributed by atoms with Crippen LogP contribution in [0.5, 0.6) is 0 Å². The van der Waals surface area contributed by atoms with Crippen molar-refractivity contribution in [2.75, 3.05) is 10.7 Å². The maximum absolute atomic E-state index is 5.34. The minimum atomic E-state index is 0.153. The molecule has 1 atom stereocenters. The van der Waals surface area contributed by atoms with Gasteiger partial charge in [-0.05, 0) is 28.3 Å². The SMILES string of the molecule is CC(Nc1ncnc(NN)c1Br)C(C)(C)C. The van der Waals surface area contributed by atoms with E-state index in [2.05, 4.69) is 64.3 Å². The largest absolute Gasteiger partial charge is 0.366 e. The second-order valence-electron chi connectivity index (χ2n) is 4.76. The third-order valence-corrected chi connectivity index (χ3v) is 3.33. The topological polar surface area (TPSA) is 75.9 Å². The first kappa shape index (κ1) is 13.2. The first-order chi connectivity index (χ1) is 7.36. The number of hydrogen-bond donors (Lipinski definition) is 3. The van der Waals surface area contributed by atoms with Crippen LogP contribution in [0.25, 0.3) is 0 Å². The van der Waals surface area contributed by atoms with Crippen molar-refractivity contribution in [1.29, 1.82) is 0 Å². The molecule has 0 saturated carbocycles. The number of halogens is 1. The number of hydrazine groups is 1. The Kier molecular flexibility index (Phi) is 4.09. The van der Waals surface area contributed by atoms with Gasteiger partial charge in [-0.15, -0.1) is 0 Å². The molecule has 0 saturated heterocycles. The summed E-state index contributed by atoms with van der Waals surface area (Å²) in [5.41, 5.74) is 2.66. The fourth-order valence-electron chi connectivity index (χ4n) is 0.993. The van der Waals surface area contributed by atoms with Gasteiger partial charge >= 0.3 is 0 Å². The molecule has 0 aliphatic heterocycles. The summed E-state index contributed by atoms with van der Waals surface area (Å²) < 4.78 is 0.744. The van der Waals surface area contributed by atoms with E-state index in [1.165, 1.54) is 6.33 Å². The predicted molar refractivity (Wildman–Crippen MR) is 70.1 cm³/mol. The molecule has 1 heterocycles. The van der Waals surface area contributed by atoms with Gasteiger partial charge < -0.3 is 10.7 Å². The van der Waals surface area contributed by atoms with Crippen LogP contribution in [-0.4, -0.2) is 16.0 Å². The van der Waals surface area contributed by atoms with Gasteiger partial charge in [0.15, 0.2) is 5.82 Å². The van der Waals surface area contributed by atoms with E-state index in [-0.39, 0.29) is 11.5 Å². The van der Waals surface area contributed by atoms with Crippen molar-refractivity contribution in [3.63, 3.8) is 0 Å². The lowest BCUT2D eigenvalue weighted by atomic mass is 9.88. The van der Waals surface area contributed by atoms with Gasteiger partial charge in [-0.2, -0.15) is 0 Å². The Bertz CT molecular complexity index is 361. The van der Waals surface area contributed by atoms with Crippen LogP contribution >= 0.6 is 15.9 Å². The average Bonchev–Trinajstić information content (AvgIpc) is 2.19. The molecule has 1 rings (SSSR count). The minimum absolute atomic E-state index is 0.153. The van der Waals surface area contributed by atoms with Crippen LogP contribution in [0.1, 0.15) is 27.7 Å². The highest BCUT2D eigenvalue weighted by molar-refractivity contribution is 9.10. The number of aromatic nitrogens is 2. The summed E-state index contributed by atoms with van der Waals surface area (Å²) in [6.07, 6.45) is 1.47. The number of hydrogen-bond acceptors (Lipinski definition) is 5.